The van der Waals surface area contributed by atoms with E-state index < -0.39 is 39.4 Å². The van der Waals surface area contributed by atoms with E-state index in [1.807, 2.05) is 0 Å². The van der Waals surface area contributed by atoms with Gasteiger partial charge >= 0.3 is 54.4 Å². The molecule has 0 bridgehead atoms. The minimum atomic E-state index is -5.09. The van der Waals surface area contributed by atoms with E-state index >= 15 is 0 Å². The van der Waals surface area contributed by atoms with E-state index in [0.717, 1.165) is 0 Å². The Hall–Kier alpha value is 1.05. The Morgan fingerprint density at radius 1 is 1.00 bits per heavy atom. The van der Waals surface area contributed by atoms with Crippen molar-refractivity contribution >= 4 is 23.6 Å². The fourth-order valence-electron chi connectivity index (χ4n) is 0. The summed E-state index contributed by atoms with van der Waals surface area (Å²) < 4.78 is 48.7. The molecule has 0 saturated heterocycles. The first kappa shape index (κ1) is 10.9. The third-order valence-corrected chi connectivity index (χ3v) is 0. The summed E-state index contributed by atoms with van der Waals surface area (Å²) >= 11 is -6.28. The van der Waals surface area contributed by atoms with Crippen molar-refractivity contribution in [2.75, 3.05) is 0 Å². The van der Waals surface area contributed by atoms with Gasteiger partial charge in [-0.1, -0.05) is 0 Å². The van der Waals surface area contributed by atoms with E-state index in [-0.39, 0.29) is 0 Å². The first-order valence-corrected chi connectivity index (χ1v) is 5.39. The number of rotatable bonds is 0. The van der Waals surface area contributed by atoms with Crippen LogP contribution in [0.1, 0.15) is 0 Å². The fourth-order valence-corrected chi connectivity index (χ4v) is 0. The normalized spacial score (nSPS) is 8.29. The van der Waals surface area contributed by atoms with Crippen LogP contribution in [-0.4, -0.2) is 23.6 Å². The van der Waals surface area contributed by atoms with Crippen LogP contribution in [0, 0.1) is 0 Å². The summed E-state index contributed by atoms with van der Waals surface area (Å²) in [7, 11) is 0. The van der Waals surface area contributed by atoms with Gasteiger partial charge in [0.1, 0.15) is 0 Å². The summed E-state index contributed by atoms with van der Waals surface area (Å²) in [5.74, 6) is 0. The summed E-state index contributed by atoms with van der Waals surface area (Å²) in [5.41, 5.74) is 0. The van der Waals surface area contributed by atoms with Crippen molar-refractivity contribution in [1.29, 1.82) is 0 Å². The number of hydrogen-bond donors (Lipinski definition) is 0. The maximum absolute atomic E-state index is 9.87. The van der Waals surface area contributed by atoms with Gasteiger partial charge < -0.3 is 0 Å². The van der Waals surface area contributed by atoms with E-state index in [0.29, 0.717) is 0 Å². The standard InChI is InChI=1S/Bi.Cu.5FH/h;;5*1H/q+3;+2;;;;;/p-5. The molecule has 0 N–H and O–H groups in total. The second kappa shape index (κ2) is 10.1. The molecule has 0 radical (unpaired) electrons. The van der Waals surface area contributed by atoms with E-state index in [9.17, 15) is 15.0 Å². The van der Waals surface area contributed by atoms with Gasteiger partial charge in [-0.25, -0.2) is 0 Å². The minimum absolute atomic E-state index is 1.19. The van der Waals surface area contributed by atoms with Gasteiger partial charge in [-0.05, 0) is 0 Å². The van der Waals surface area contributed by atoms with Crippen molar-refractivity contribution in [2.45, 2.75) is 0 Å². The van der Waals surface area contributed by atoms with E-state index in [1.165, 1.54) is 0 Å². The zero-order chi connectivity index (χ0) is 6.28. The van der Waals surface area contributed by atoms with Gasteiger partial charge in [-0.3, -0.25) is 0 Å². The molecule has 7 heteroatoms. The Morgan fingerprint density at radius 2 is 1.00 bits per heavy atom. The van der Waals surface area contributed by atoms with Crippen molar-refractivity contribution in [3.63, 3.8) is 0 Å². The van der Waals surface area contributed by atoms with Crippen molar-refractivity contribution in [1.82, 2.24) is 0 Å². The third kappa shape index (κ3) is 163. The van der Waals surface area contributed by atoms with Crippen LogP contribution in [0.25, 0.3) is 0 Å². The molecule has 0 rings (SSSR count). The topological polar surface area (TPSA) is 0 Å². The van der Waals surface area contributed by atoms with Crippen LogP contribution in [-0.2, 0) is 15.9 Å². The van der Waals surface area contributed by atoms with Crippen molar-refractivity contribution in [2.24, 2.45) is 0 Å². The van der Waals surface area contributed by atoms with Gasteiger partial charge in [0.2, 0.25) is 0 Å². The van der Waals surface area contributed by atoms with E-state index in [4.69, 9.17) is 0 Å². The number of halogens is 5. The molecule has 0 aliphatic carbocycles. The Morgan fingerprint density at radius 3 is 1.00 bits per heavy atom. The average molecular weight is 368 g/mol. The molecule has 0 aromatic carbocycles. The molecule has 0 fully saturated rings. The van der Waals surface area contributed by atoms with Gasteiger partial charge in [0, 0.05) is 0 Å². The molecular formula is BiCuF5. The summed E-state index contributed by atoms with van der Waals surface area (Å²) in [4.78, 5) is 0. The second-order valence-electron chi connectivity index (χ2n) is 0.235. The molecule has 0 nitrogen and oxygen atoms in total. The van der Waals surface area contributed by atoms with Crippen LogP contribution in [0.3, 0.4) is 0 Å². The molecule has 0 amide bonds. The number of hydrogen-bond acceptors (Lipinski definition) is 0. The Kier molecular flexibility index (Phi) is 15.8. The monoisotopic (exact) mass is 367 g/mol. The molecule has 0 saturated carbocycles. The quantitative estimate of drug-likeness (QED) is 0.452. The van der Waals surface area contributed by atoms with Crippen LogP contribution < -0.4 is 0 Å². The molecule has 0 spiro atoms. The molecule has 0 aliphatic heterocycles. The van der Waals surface area contributed by atoms with Crippen molar-refractivity contribution < 1.29 is 30.8 Å². The molecule has 0 heterocycles. The van der Waals surface area contributed by atoms with Gasteiger partial charge in [-0.2, -0.15) is 0 Å². The predicted molar refractivity (Wildman–Crippen MR) is 11.3 cm³/mol. The Balaban J connectivity index is 0. The zero-order valence-corrected chi connectivity index (χ0v) is 7.06. The van der Waals surface area contributed by atoms with Gasteiger partial charge in [0.25, 0.3) is 0 Å². The van der Waals surface area contributed by atoms with Crippen LogP contribution in [0.5, 0.6) is 0 Å². The molecule has 7 heavy (non-hydrogen) atoms. The van der Waals surface area contributed by atoms with E-state index in [2.05, 4.69) is 0 Å². The summed E-state index contributed by atoms with van der Waals surface area (Å²) in [6, 6.07) is 0. The van der Waals surface area contributed by atoms with Gasteiger partial charge in [0.05, 0.1) is 0 Å². The third-order valence-electron chi connectivity index (χ3n) is 0. The van der Waals surface area contributed by atoms with Crippen molar-refractivity contribution in [3.8, 4) is 0 Å². The molecule has 51 valence electrons. The van der Waals surface area contributed by atoms with Crippen molar-refractivity contribution in [3.05, 3.63) is 0 Å². The average Bonchev–Trinajstić information content (AvgIpc) is 1.33. The van der Waals surface area contributed by atoms with Gasteiger partial charge in [0.15, 0.2) is 0 Å². The molecular weight excluding hydrogens is 368 g/mol. The molecule has 0 aromatic heterocycles. The van der Waals surface area contributed by atoms with E-state index in [1.54, 1.807) is 0 Å². The second-order valence-corrected chi connectivity index (χ2v) is 1.86. The SMILES string of the molecule is [F][Bi]([F])[F].[F][Cu][F]. The fraction of sp³-hybridized carbons (Fsp3) is 0. The molecule has 0 unspecified atom stereocenters. The molecule has 0 aromatic rings. The summed E-state index contributed by atoms with van der Waals surface area (Å²) in [5, 5.41) is 0. The Bertz CT molecular complexity index is 19.3. The first-order valence-electron chi connectivity index (χ1n) is 0.735. The van der Waals surface area contributed by atoms with Gasteiger partial charge in [-0.15, -0.1) is 0 Å². The summed E-state index contributed by atoms with van der Waals surface area (Å²) in [6.45, 7) is 0. The Labute approximate surface area is 54.5 Å². The van der Waals surface area contributed by atoms with Crippen LogP contribution in [0.4, 0.5) is 15.0 Å². The predicted octanol–water partition coefficient (Wildman–Crippen LogP) is 1.72. The summed E-state index contributed by atoms with van der Waals surface area (Å²) in [6.07, 6.45) is 0. The molecule has 0 atom stereocenters. The zero-order valence-electron chi connectivity index (χ0n) is 2.64. The van der Waals surface area contributed by atoms with Crippen LogP contribution in [0.2, 0.25) is 0 Å². The van der Waals surface area contributed by atoms with Crippen LogP contribution in [0.15, 0.2) is 0 Å². The van der Waals surface area contributed by atoms with Crippen LogP contribution >= 0.6 is 0 Å². The first-order chi connectivity index (χ1) is 3.15. The molecule has 0 aliphatic rings. The maximum atomic E-state index is 9.87.